The van der Waals surface area contributed by atoms with Gasteiger partial charge in [-0.15, -0.1) is 0 Å². The minimum absolute atomic E-state index is 0.00309. The largest absolute Gasteiger partial charge is 0.507 e. The zero-order chi connectivity index (χ0) is 22.4. The molecule has 0 fully saturated rings. The first-order chi connectivity index (χ1) is 14.8. The molecule has 0 bridgehead atoms. The Labute approximate surface area is 185 Å². The Morgan fingerprint density at radius 3 is 2.45 bits per heavy atom. The molecule has 0 radical (unpaired) electrons. The van der Waals surface area contributed by atoms with E-state index in [4.69, 9.17) is 11.6 Å². The average Bonchev–Trinajstić information content (AvgIpc) is 2.76. The molecular weight excluding hydrogens is 438 g/mol. The Balaban J connectivity index is 1.89. The van der Waals surface area contributed by atoms with Crippen LogP contribution in [0.1, 0.15) is 11.1 Å². The van der Waals surface area contributed by atoms with Gasteiger partial charge in [-0.3, -0.25) is 9.10 Å². The van der Waals surface area contributed by atoms with E-state index in [0.29, 0.717) is 16.1 Å². The van der Waals surface area contributed by atoms with Gasteiger partial charge in [0.1, 0.15) is 12.3 Å². The summed E-state index contributed by atoms with van der Waals surface area (Å²) in [6, 6.07) is 19.1. The summed E-state index contributed by atoms with van der Waals surface area (Å²) in [6.45, 7) is 1.16. The Hall–Kier alpha value is -3.36. The molecule has 9 heteroatoms. The average molecular weight is 458 g/mol. The van der Waals surface area contributed by atoms with Crippen LogP contribution in [-0.4, -0.2) is 32.2 Å². The Morgan fingerprint density at radius 1 is 1.06 bits per heavy atom. The van der Waals surface area contributed by atoms with Gasteiger partial charge in [0.15, 0.2) is 0 Å². The normalized spacial score (nSPS) is 11.4. The van der Waals surface area contributed by atoms with Crippen molar-refractivity contribution < 1.29 is 18.3 Å². The van der Waals surface area contributed by atoms with Crippen LogP contribution in [0.2, 0.25) is 5.02 Å². The van der Waals surface area contributed by atoms with Crippen LogP contribution in [0.4, 0.5) is 5.69 Å². The number of phenolic OH excluding ortho intramolecular Hbond substituents is 1. The predicted octanol–water partition coefficient (Wildman–Crippen LogP) is 3.70. The van der Waals surface area contributed by atoms with E-state index in [-0.39, 0.29) is 16.3 Å². The van der Waals surface area contributed by atoms with E-state index >= 15 is 0 Å². The first-order valence-electron chi connectivity index (χ1n) is 9.23. The van der Waals surface area contributed by atoms with Gasteiger partial charge in [0, 0.05) is 10.6 Å². The molecule has 0 saturated carbocycles. The number of nitrogens with one attached hydrogen (secondary N) is 1. The highest BCUT2D eigenvalue weighted by Gasteiger charge is 2.28. The number of hydrazone groups is 1. The molecule has 3 aromatic carbocycles. The fourth-order valence-electron chi connectivity index (χ4n) is 2.82. The van der Waals surface area contributed by atoms with Gasteiger partial charge in [-0.2, -0.15) is 5.10 Å². The number of carbonyl (C=O) groups is 1. The van der Waals surface area contributed by atoms with Crippen molar-refractivity contribution in [2.24, 2.45) is 5.10 Å². The molecule has 0 heterocycles. The Kier molecular flexibility index (Phi) is 6.94. The standard InChI is InChI=1S/C22H20ClN3O4S/c1-16-19(23)11-7-12-20(16)26(31(29,30)18-9-3-2-4-10-18)15-22(28)25-24-14-17-8-5-6-13-21(17)27/h2-14,27H,15H2,1H3,(H,25,28)/b24-14-. The second kappa shape index (κ2) is 9.63. The van der Waals surface area contributed by atoms with Gasteiger partial charge >= 0.3 is 0 Å². The molecule has 7 nitrogen and oxygen atoms in total. The van der Waals surface area contributed by atoms with Crippen molar-refractivity contribution in [2.45, 2.75) is 11.8 Å². The molecule has 0 aliphatic heterocycles. The lowest BCUT2D eigenvalue weighted by atomic mass is 10.2. The second-order valence-corrected chi connectivity index (χ2v) is 8.83. The number of hydrogen-bond donors (Lipinski definition) is 2. The number of carbonyl (C=O) groups excluding carboxylic acids is 1. The van der Waals surface area contributed by atoms with Gasteiger partial charge in [-0.1, -0.05) is 48.0 Å². The summed E-state index contributed by atoms with van der Waals surface area (Å²) in [6.07, 6.45) is 1.27. The fraction of sp³-hybridized carbons (Fsp3) is 0.0909. The maximum Gasteiger partial charge on any atom is 0.264 e. The molecule has 2 N–H and O–H groups in total. The van der Waals surface area contributed by atoms with Crippen LogP contribution < -0.4 is 9.73 Å². The molecule has 0 spiro atoms. The number of halogens is 1. The van der Waals surface area contributed by atoms with Gasteiger partial charge in [0.25, 0.3) is 15.9 Å². The van der Waals surface area contributed by atoms with Crippen LogP contribution in [0.25, 0.3) is 0 Å². The van der Waals surface area contributed by atoms with E-state index in [1.807, 2.05) is 0 Å². The number of nitrogens with zero attached hydrogens (tertiary/aromatic N) is 2. The van der Waals surface area contributed by atoms with Crippen molar-refractivity contribution in [1.29, 1.82) is 0 Å². The Bertz CT molecular complexity index is 1210. The van der Waals surface area contributed by atoms with Crippen LogP contribution in [0, 0.1) is 6.92 Å². The molecule has 0 aliphatic rings. The lowest BCUT2D eigenvalue weighted by molar-refractivity contribution is -0.119. The second-order valence-electron chi connectivity index (χ2n) is 6.56. The molecule has 3 rings (SSSR count). The molecule has 0 aromatic heterocycles. The SMILES string of the molecule is Cc1c(Cl)cccc1N(CC(=O)N/N=C\c1ccccc1O)S(=O)(=O)c1ccccc1. The molecule has 0 unspecified atom stereocenters. The summed E-state index contributed by atoms with van der Waals surface area (Å²) in [5.41, 5.74) is 3.51. The number of amides is 1. The van der Waals surface area contributed by atoms with Crippen LogP contribution in [0.3, 0.4) is 0 Å². The number of sulfonamides is 1. The summed E-state index contributed by atoms with van der Waals surface area (Å²) in [5.74, 6) is -0.658. The molecule has 3 aromatic rings. The smallest absolute Gasteiger partial charge is 0.264 e. The zero-order valence-corrected chi connectivity index (χ0v) is 18.1. The maximum atomic E-state index is 13.3. The number of anilines is 1. The van der Waals surface area contributed by atoms with Gasteiger partial charge in [0.2, 0.25) is 0 Å². The maximum absolute atomic E-state index is 13.3. The topological polar surface area (TPSA) is 99.1 Å². The van der Waals surface area contributed by atoms with Crippen LogP contribution in [-0.2, 0) is 14.8 Å². The third-order valence-corrected chi connectivity index (χ3v) is 6.64. The van der Waals surface area contributed by atoms with Crippen molar-refractivity contribution >= 4 is 39.4 Å². The lowest BCUT2D eigenvalue weighted by Gasteiger charge is -2.25. The van der Waals surface area contributed by atoms with Crippen molar-refractivity contribution in [3.63, 3.8) is 0 Å². The summed E-state index contributed by atoms with van der Waals surface area (Å²) in [5, 5.41) is 13.9. The molecule has 0 aliphatic carbocycles. The van der Waals surface area contributed by atoms with E-state index in [1.165, 1.54) is 24.4 Å². The number of aromatic hydroxyl groups is 1. The molecule has 1 amide bonds. The van der Waals surface area contributed by atoms with E-state index in [0.717, 1.165) is 4.31 Å². The van der Waals surface area contributed by atoms with E-state index in [9.17, 15) is 18.3 Å². The van der Waals surface area contributed by atoms with Gasteiger partial charge in [-0.05, 0) is 48.9 Å². The van der Waals surface area contributed by atoms with E-state index in [1.54, 1.807) is 61.5 Å². The van der Waals surface area contributed by atoms with Crippen LogP contribution in [0.5, 0.6) is 5.75 Å². The van der Waals surface area contributed by atoms with E-state index in [2.05, 4.69) is 10.5 Å². The van der Waals surface area contributed by atoms with Crippen molar-refractivity contribution in [3.05, 3.63) is 88.9 Å². The molecular formula is C22H20ClN3O4S. The summed E-state index contributed by atoms with van der Waals surface area (Å²) < 4.78 is 27.6. The van der Waals surface area contributed by atoms with Crippen LogP contribution in [0.15, 0.2) is 82.8 Å². The van der Waals surface area contributed by atoms with Gasteiger partial charge in [0.05, 0.1) is 16.8 Å². The summed E-state index contributed by atoms with van der Waals surface area (Å²) >= 11 is 6.19. The molecule has 0 saturated heterocycles. The van der Waals surface area contributed by atoms with Crippen molar-refractivity contribution in [2.75, 3.05) is 10.8 Å². The first-order valence-corrected chi connectivity index (χ1v) is 11.1. The predicted molar refractivity (Wildman–Crippen MR) is 121 cm³/mol. The third kappa shape index (κ3) is 5.22. The summed E-state index contributed by atoms with van der Waals surface area (Å²) in [4.78, 5) is 12.6. The number of hydrogen-bond acceptors (Lipinski definition) is 5. The first kappa shape index (κ1) is 22.3. The number of para-hydroxylation sites is 1. The lowest BCUT2D eigenvalue weighted by Crippen LogP contribution is -2.40. The minimum Gasteiger partial charge on any atom is -0.507 e. The quantitative estimate of drug-likeness (QED) is 0.417. The van der Waals surface area contributed by atoms with Crippen molar-refractivity contribution in [3.8, 4) is 5.75 Å². The van der Waals surface area contributed by atoms with Crippen molar-refractivity contribution in [1.82, 2.24) is 5.43 Å². The zero-order valence-electron chi connectivity index (χ0n) is 16.6. The summed E-state index contributed by atoms with van der Waals surface area (Å²) in [7, 11) is -4.05. The van der Waals surface area contributed by atoms with E-state index < -0.39 is 22.5 Å². The highest BCUT2D eigenvalue weighted by Crippen LogP contribution is 2.30. The fourth-order valence-corrected chi connectivity index (χ4v) is 4.49. The van der Waals surface area contributed by atoms with Gasteiger partial charge < -0.3 is 5.11 Å². The number of benzene rings is 3. The highest BCUT2D eigenvalue weighted by atomic mass is 35.5. The minimum atomic E-state index is -4.05. The molecule has 160 valence electrons. The Morgan fingerprint density at radius 2 is 1.74 bits per heavy atom. The number of phenols is 1. The molecule has 31 heavy (non-hydrogen) atoms. The highest BCUT2D eigenvalue weighted by molar-refractivity contribution is 7.92. The molecule has 0 atom stereocenters. The monoisotopic (exact) mass is 457 g/mol. The number of rotatable bonds is 7. The van der Waals surface area contributed by atoms with Crippen LogP contribution >= 0.6 is 11.6 Å². The third-order valence-electron chi connectivity index (χ3n) is 4.46. The van der Waals surface area contributed by atoms with Gasteiger partial charge in [-0.25, -0.2) is 13.8 Å².